The fourth-order valence-corrected chi connectivity index (χ4v) is 4.58. The van der Waals surface area contributed by atoms with Gasteiger partial charge in [0.2, 0.25) is 5.91 Å². The predicted molar refractivity (Wildman–Crippen MR) is 120 cm³/mol. The molecule has 2 aromatic carbocycles. The van der Waals surface area contributed by atoms with Crippen molar-refractivity contribution < 1.29 is 4.79 Å². The largest absolute Gasteiger partial charge is 0.361 e. The van der Waals surface area contributed by atoms with E-state index in [4.69, 9.17) is 17.3 Å². The summed E-state index contributed by atoms with van der Waals surface area (Å²) in [5.41, 5.74) is 10.6. The molecule has 0 spiro atoms. The minimum atomic E-state index is -0.601. The van der Waals surface area contributed by atoms with Crippen molar-refractivity contribution in [2.45, 2.75) is 18.9 Å². The van der Waals surface area contributed by atoms with Crippen LogP contribution in [-0.4, -0.2) is 49.0 Å². The lowest BCUT2D eigenvalue weighted by Crippen LogP contribution is -2.50. The van der Waals surface area contributed by atoms with Gasteiger partial charge in [-0.3, -0.25) is 4.79 Å². The van der Waals surface area contributed by atoms with Crippen LogP contribution in [-0.2, 0) is 17.6 Å². The topological polar surface area (TPSA) is 65.4 Å². The van der Waals surface area contributed by atoms with Crippen molar-refractivity contribution in [3.8, 4) is 0 Å². The number of para-hydroxylation sites is 1. The highest BCUT2D eigenvalue weighted by Crippen LogP contribution is 2.33. The first kappa shape index (κ1) is 20.0. The zero-order valence-corrected chi connectivity index (χ0v) is 17.6. The summed E-state index contributed by atoms with van der Waals surface area (Å²) in [5, 5.41) is 1.82. The number of amides is 1. The minimum absolute atomic E-state index is 0.0395. The van der Waals surface area contributed by atoms with E-state index >= 15 is 0 Å². The van der Waals surface area contributed by atoms with Gasteiger partial charge in [0.05, 0.1) is 6.04 Å². The Hall–Kier alpha value is -2.34. The van der Waals surface area contributed by atoms with E-state index < -0.39 is 6.04 Å². The molecule has 0 saturated carbocycles. The molecular weight excluding hydrogens is 384 g/mol. The summed E-state index contributed by atoms with van der Waals surface area (Å²) in [6, 6.07) is 13.3. The molecule has 1 aliphatic rings. The van der Waals surface area contributed by atoms with Crippen LogP contribution in [0, 0.1) is 5.92 Å². The van der Waals surface area contributed by atoms with E-state index in [1.165, 1.54) is 0 Å². The second-order valence-corrected chi connectivity index (χ2v) is 8.66. The van der Waals surface area contributed by atoms with Gasteiger partial charge in [0.1, 0.15) is 0 Å². The van der Waals surface area contributed by atoms with E-state index in [0.29, 0.717) is 23.9 Å². The van der Waals surface area contributed by atoms with Gasteiger partial charge < -0.3 is 20.5 Å². The summed E-state index contributed by atoms with van der Waals surface area (Å²) >= 11 is 6.23. The Balaban J connectivity index is 1.59. The highest BCUT2D eigenvalue weighted by molar-refractivity contribution is 6.30. The van der Waals surface area contributed by atoms with Crippen LogP contribution in [0.5, 0.6) is 0 Å². The van der Waals surface area contributed by atoms with Gasteiger partial charge in [0.25, 0.3) is 0 Å². The lowest BCUT2D eigenvalue weighted by molar-refractivity contribution is -0.120. The molecule has 3 aromatic rings. The Morgan fingerprint density at radius 1 is 1.31 bits per heavy atom. The first-order chi connectivity index (χ1) is 13.9. The number of benzene rings is 2. The number of anilines is 1. The maximum Gasteiger partial charge on any atom is 0.244 e. The summed E-state index contributed by atoms with van der Waals surface area (Å²) in [4.78, 5) is 20.7. The number of rotatable bonds is 5. The van der Waals surface area contributed by atoms with Gasteiger partial charge in [-0.25, -0.2) is 0 Å². The van der Waals surface area contributed by atoms with Crippen molar-refractivity contribution in [3.05, 3.63) is 64.8 Å². The number of carbonyl (C=O) groups is 1. The number of nitrogens with one attached hydrogen (secondary N) is 1. The van der Waals surface area contributed by atoms with Crippen LogP contribution in [0.4, 0.5) is 5.69 Å². The summed E-state index contributed by atoms with van der Waals surface area (Å²) < 4.78 is 0. The fourth-order valence-electron chi connectivity index (χ4n) is 4.39. The van der Waals surface area contributed by atoms with E-state index in [1.54, 1.807) is 0 Å². The molecule has 0 aliphatic carbocycles. The highest BCUT2D eigenvalue weighted by atomic mass is 35.5. The Bertz CT molecular complexity index is 1030. The second-order valence-electron chi connectivity index (χ2n) is 8.22. The zero-order valence-electron chi connectivity index (χ0n) is 16.9. The third kappa shape index (κ3) is 4.17. The van der Waals surface area contributed by atoms with Crippen LogP contribution in [0.2, 0.25) is 5.02 Å². The van der Waals surface area contributed by atoms with Gasteiger partial charge in [-0.05, 0) is 68.2 Å². The molecule has 0 radical (unpaired) electrons. The molecule has 0 fully saturated rings. The van der Waals surface area contributed by atoms with Crippen molar-refractivity contribution >= 4 is 34.1 Å². The summed E-state index contributed by atoms with van der Waals surface area (Å²) in [5.74, 6) is 0.308. The summed E-state index contributed by atoms with van der Waals surface area (Å²) in [6.07, 6.45) is 3.37. The van der Waals surface area contributed by atoms with Gasteiger partial charge in [0, 0.05) is 40.9 Å². The molecule has 0 bridgehead atoms. The van der Waals surface area contributed by atoms with E-state index in [0.717, 1.165) is 40.7 Å². The van der Waals surface area contributed by atoms with Crippen molar-refractivity contribution in [1.82, 2.24) is 9.88 Å². The Labute approximate surface area is 176 Å². The SMILES string of the molecule is CN(C)C[C@@H]1Cc2cc(Cl)ccc2N(C(=O)[C@H](N)Cc2c[nH]c3ccccc23)C1. The predicted octanol–water partition coefficient (Wildman–Crippen LogP) is 3.46. The molecule has 2 atom stereocenters. The molecule has 4 rings (SSSR count). The lowest BCUT2D eigenvalue weighted by atomic mass is 9.91. The lowest BCUT2D eigenvalue weighted by Gasteiger charge is -2.37. The molecule has 1 amide bonds. The van der Waals surface area contributed by atoms with E-state index in [2.05, 4.69) is 30.0 Å². The van der Waals surface area contributed by atoms with Crippen LogP contribution >= 0.6 is 11.6 Å². The van der Waals surface area contributed by atoms with Gasteiger partial charge in [0.15, 0.2) is 0 Å². The van der Waals surface area contributed by atoms with Gasteiger partial charge in [-0.2, -0.15) is 0 Å². The number of halogens is 1. The number of aromatic amines is 1. The number of aromatic nitrogens is 1. The third-order valence-electron chi connectivity index (χ3n) is 5.60. The number of hydrogen-bond acceptors (Lipinski definition) is 3. The molecular formula is C23H27ClN4O. The van der Waals surface area contributed by atoms with Crippen LogP contribution in [0.3, 0.4) is 0 Å². The molecule has 0 saturated heterocycles. The minimum Gasteiger partial charge on any atom is -0.361 e. The van der Waals surface area contributed by atoms with Crippen molar-refractivity contribution in [1.29, 1.82) is 0 Å². The molecule has 0 unspecified atom stereocenters. The van der Waals surface area contributed by atoms with E-state index in [1.807, 2.05) is 47.5 Å². The van der Waals surface area contributed by atoms with Crippen LogP contribution in [0.25, 0.3) is 10.9 Å². The van der Waals surface area contributed by atoms with Gasteiger partial charge in [-0.15, -0.1) is 0 Å². The summed E-state index contributed by atoms with van der Waals surface area (Å²) in [7, 11) is 4.12. The quantitative estimate of drug-likeness (QED) is 0.677. The number of nitrogens with two attached hydrogens (primary N) is 1. The summed E-state index contributed by atoms with van der Waals surface area (Å²) in [6.45, 7) is 1.58. The van der Waals surface area contributed by atoms with Gasteiger partial charge >= 0.3 is 0 Å². The van der Waals surface area contributed by atoms with Crippen LogP contribution in [0.1, 0.15) is 11.1 Å². The number of H-pyrrole nitrogens is 1. The molecule has 2 heterocycles. The van der Waals surface area contributed by atoms with E-state index in [-0.39, 0.29) is 5.91 Å². The maximum absolute atomic E-state index is 13.4. The maximum atomic E-state index is 13.4. The average Bonchev–Trinajstić information content (AvgIpc) is 3.09. The number of fused-ring (bicyclic) bond motifs is 2. The number of hydrogen-bond donors (Lipinski definition) is 2. The molecule has 152 valence electrons. The smallest absolute Gasteiger partial charge is 0.244 e. The Morgan fingerprint density at radius 2 is 2.10 bits per heavy atom. The fraction of sp³-hybridized carbons (Fsp3) is 0.348. The molecule has 29 heavy (non-hydrogen) atoms. The molecule has 1 aliphatic heterocycles. The monoisotopic (exact) mass is 410 g/mol. The first-order valence-corrected chi connectivity index (χ1v) is 10.4. The second kappa shape index (κ2) is 8.19. The normalized spacial score (nSPS) is 17.6. The molecule has 1 aromatic heterocycles. The van der Waals surface area contributed by atoms with E-state index in [9.17, 15) is 4.79 Å². The van der Waals surface area contributed by atoms with Crippen LogP contribution < -0.4 is 10.6 Å². The first-order valence-electron chi connectivity index (χ1n) is 9.97. The van der Waals surface area contributed by atoms with Crippen molar-refractivity contribution in [2.24, 2.45) is 11.7 Å². The van der Waals surface area contributed by atoms with Gasteiger partial charge in [-0.1, -0.05) is 29.8 Å². The third-order valence-corrected chi connectivity index (χ3v) is 5.84. The van der Waals surface area contributed by atoms with Crippen molar-refractivity contribution in [2.75, 3.05) is 32.1 Å². The Morgan fingerprint density at radius 3 is 2.90 bits per heavy atom. The standard InChI is InChI=1S/C23H27ClN4O/c1-27(2)13-15-9-16-10-18(24)7-8-22(16)28(14-15)23(29)20(25)11-17-12-26-21-6-4-3-5-19(17)21/h3-8,10,12,15,20,26H,9,11,13-14,25H2,1-2H3/t15-,20+/m0/s1. The molecule has 6 heteroatoms. The van der Waals surface area contributed by atoms with Crippen LogP contribution in [0.15, 0.2) is 48.7 Å². The Kier molecular flexibility index (Phi) is 5.63. The highest BCUT2D eigenvalue weighted by Gasteiger charge is 2.31. The number of nitrogens with zero attached hydrogens (tertiary/aromatic N) is 2. The number of carbonyl (C=O) groups excluding carboxylic acids is 1. The van der Waals surface area contributed by atoms with Crippen molar-refractivity contribution in [3.63, 3.8) is 0 Å². The molecule has 3 N–H and O–H groups in total. The average molecular weight is 411 g/mol. The zero-order chi connectivity index (χ0) is 20.5. The molecule has 5 nitrogen and oxygen atoms in total.